The van der Waals surface area contributed by atoms with Crippen molar-refractivity contribution >= 4 is 52.3 Å². The average molecular weight is 464 g/mol. The van der Waals surface area contributed by atoms with Gasteiger partial charge in [-0.2, -0.15) is 0 Å². The Morgan fingerprint density at radius 3 is 2.19 bits per heavy atom. The molecule has 0 radical (unpaired) electrons. The van der Waals surface area contributed by atoms with Crippen LogP contribution < -0.4 is 20.9 Å². The van der Waals surface area contributed by atoms with E-state index in [0.29, 0.717) is 34.5 Å². The Kier molecular flexibility index (Phi) is 8.26. The highest BCUT2D eigenvalue weighted by Gasteiger charge is 2.21. The molecular weight excluding hydrogens is 437 g/mol. The number of hydrogen-bond acceptors (Lipinski definition) is 3. The van der Waals surface area contributed by atoms with Gasteiger partial charge >= 0.3 is 12.1 Å². The van der Waals surface area contributed by atoms with Crippen LogP contribution in [0.1, 0.15) is 19.8 Å². The molecule has 31 heavy (non-hydrogen) atoms. The summed E-state index contributed by atoms with van der Waals surface area (Å²) in [5.74, 6) is 0. The van der Waals surface area contributed by atoms with Crippen LogP contribution in [0.25, 0.3) is 0 Å². The van der Waals surface area contributed by atoms with Crippen LogP contribution in [0.2, 0.25) is 10.0 Å². The summed E-state index contributed by atoms with van der Waals surface area (Å²) in [7, 11) is 0. The van der Waals surface area contributed by atoms with E-state index in [0.717, 1.165) is 38.2 Å². The molecule has 1 heterocycles. The summed E-state index contributed by atoms with van der Waals surface area (Å²) >= 11 is 11.9. The van der Waals surface area contributed by atoms with Crippen molar-refractivity contribution < 1.29 is 9.59 Å². The van der Waals surface area contributed by atoms with Crippen molar-refractivity contribution in [2.45, 2.75) is 19.8 Å². The van der Waals surface area contributed by atoms with Crippen LogP contribution in [0.15, 0.2) is 42.5 Å². The van der Waals surface area contributed by atoms with E-state index in [4.69, 9.17) is 23.2 Å². The van der Waals surface area contributed by atoms with Crippen molar-refractivity contribution in [3.63, 3.8) is 0 Å². The normalized spacial score (nSPS) is 13.6. The second kappa shape index (κ2) is 11.1. The maximum absolute atomic E-state index is 12.2. The fraction of sp³-hybridized carbons (Fsp3) is 0.364. The quantitative estimate of drug-likeness (QED) is 0.510. The highest BCUT2D eigenvalue weighted by molar-refractivity contribution is 6.42. The molecule has 0 aliphatic carbocycles. The smallest absolute Gasteiger partial charge is 0.323 e. The molecule has 1 saturated heterocycles. The zero-order valence-corrected chi connectivity index (χ0v) is 19.0. The maximum atomic E-state index is 12.2. The lowest BCUT2D eigenvalue weighted by molar-refractivity contribution is 0.194. The van der Waals surface area contributed by atoms with Gasteiger partial charge in [0.2, 0.25) is 0 Å². The molecule has 0 saturated carbocycles. The molecule has 0 unspecified atom stereocenters. The topological polar surface area (TPSA) is 76.7 Å². The summed E-state index contributed by atoms with van der Waals surface area (Å²) in [6.07, 6.45) is 2.06. The van der Waals surface area contributed by atoms with Crippen LogP contribution in [0.4, 0.5) is 26.7 Å². The van der Waals surface area contributed by atoms with Crippen LogP contribution in [0.5, 0.6) is 0 Å². The molecular formula is C22H27Cl2N5O2. The molecule has 7 nitrogen and oxygen atoms in total. The van der Waals surface area contributed by atoms with Gasteiger partial charge in [0, 0.05) is 49.8 Å². The lowest BCUT2D eigenvalue weighted by Crippen LogP contribution is -2.52. The molecule has 1 aliphatic heterocycles. The van der Waals surface area contributed by atoms with Gasteiger partial charge in [0.25, 0.3) is 0 Å². The predicted octanol–water partition coefficient (Wildman–Crippen LogP) is 5.27. The highest BCUT2D eigenvalue weighted by atomic mass is 35.5. The summed E-state index contributed by atoms with van der Waals surface area (Å²) in [5.41, 5.74) is 2.29. The molecule has 2 aromatic rings. The van der Waals surface area contributed by atoms with Gasteiger partial charge in [0.05, 0.1) is 10.0 Å². The molecule has 0 aromatic heterocycles. The van der Waals surface area contributed by atoms with E-state index >= 15 is 0 Å². The number of rotatable bonds is 6. The summed E-state index contributed by atoms with van der Waals surface area (Å²) < 4.78 is 0. The summed E-state index contributed by atoms with van der Waals surface area (Å²) in [4.78, 5) is 28.5. The third-order valence-corrected chi connectivity index (χ3v) is 5.78. The summed E-state index contributed by atoms with van der Waals surface area (Å²) in [6, 6.07) is 12.2. The van der Waals surface area contributed by atoms with Gasteiger partial charge in [-0.1, -0.05) is 36.5 Å². The van der Waals surface area contributed by atoms with E-state index in [-0.39, 0.29) is 12.1 Å². The Labute approximate surface area is 192 Å². The first-order valence-corrected chi connectivity index (χ1v) is 11.1. The zero-order chi connectivity index (χ0) is 22.2. The number of halogens is 2. The maximum Gasteiger partial charge on any atom is 0.323 e. The standard InChI is InChI=1S/C22H27Cl2N5O2/c1-2-3-10-25-22(31)29-13-11-28(12-14-29)18-7-4-16(5-8-18)26-21(30)27-17-6-9-19(23)20(24)15-17/h4-9,15H,2-3,10-14H2,1H3,(H,25,31)(H2,26,27,30). The molecule has 1 fully saturated rings. The van der Waals surface area contributed by atoms with Gasteiger partial charge in [-0.05, 0) is 48.9 Å². The van der Waals surface area contributed by atoms with Crippen molar-refractivity contribution in [2.75, 3.05) is 48.3 Å². The van der Waals surface area contributed by atoms with Crippen molar-refractivity contribution in [1.82, 2.24) is 10.2 Å². The molecule has 0 atom stereocenters. The number of amides is 4. The van der Waals surface area contributed by atoms with Gasteiger partial charge in [-0.3, -0.25) is 0 Å². The fourth-order valence-corrected chi connectivity index (χ4v) is 3.57. The predicted molar refractivity (Wildman–Crippen MR) is 128 cm³/mol. The number of nitrogens with zero attached hydrogens (tertiary/aromatic N) is 2. The molecule has 0 bridgehead atoms. The van der Waals surface area contributed by atoms with E-state index in [9.17, 15) is 9.59 Å². The molecule has 3 N–H and O–H groups in total. The van der Waals surface area contributed by atoms with E-state index in [1.807, 2.05) is 29.2 Å². The zero-order valence-electron chi connectivity index (χ0n) is 17.5. The minimum Gasteiger partial charge on any atom is -0.368 e. The third-order valence-electron chi connectivity index (χ3n) is 5.04. The number of carbonyl (C=O) groups excluding carboxylic acids is 2. The van der Waals surface area contributed by atoms with Crippen LogP contribution in [0, 0.1) is 0 Å². The Bertz CT molecular complexity index is 899. The first-order chi connectivity index (χ1) is 15.0. The van der Waals surface area contributed by atoms with Crippen molar-refractivity contribution in [3.05, 3.63) is 52.5 Å². The number of benzene rings is 2. The number of anilines is 3. The number of hydrogen-bond donors (Lipinski definition) is 3. The van der Waals surface area contributed by atoms with Crippen LogP contribution >= 0.6 is 23.2 Å². The van der Waals surface area contributed by atoms with Gasteiger partial charge in [0.15, 0.2) is 0 Å². The van der Waals surface area contributed by atoms with Gasteiger partial charge < -0.3 is 25.8 Å². The lowest BCUT2D eigenvalue weighted by atomic mass is 10.2. The molecule has 166 valence electrons. The van der Waals surface area contributed by atoms with E-state index in [1.165, 1.54) is 0 Å². The van der Waals surface area contributed by atoms with Crippen molar-refractivity contribution in [2.24, 2.45) is 0 Å². The van der Waals surface area contributed by atoms with E-state index < -0.39 is 0 Å². The molecule has 1 aliphatic rings. The van der Waals surface area contributed by atoms with Crippen LogP contribution in [-0.4, -0.2) is 49.7 Å². The average Bonchev–Trinajstić information content (AvgIpc) is 2.77. The Morgan fingerprint density at radius 1 is 0.903 bits per heavy atom. The number of urea groups is 2. The minimum atomic E-state index is -0.367. The number of unbranched alkanes of at least 4 members (excludes halogenated alkanes) is 1. The summed E-state index contributed by atoms with van der Waals surface area (Å²) in [6.45, 7) is 5.74. The SMILES string of the molecule is CCCCNC(=O)N1CCN(c2ccc(NC(=O)Nc3ccc(Cl)c(Cl)c3)cc2)CC1. The van der Waals surface area contributed by atoms with Crippen molar-refractivity contribution in [1.29, 1.82) is 0 Å². The second-order valence-electron chi connectivity index (χ2n) is 7.31. The molecule has 0 spiro atoms. The third kappa shape index (κ3) is 6.67. The van der Waals surface area contributed by atoms with Crippen LogP contribution in [-0.2, 0) is 0 Å². The van der Waals surface area contributed by atoms with E-state index in [2.05, 4.69) is 27.8 Å². The number of nitrogens with one attached hydrogen (secondary N) is 3. The largest absolute Gasteiger partial charge is 0.368 e. The van der Waals surface area contributed by atoms with Gasteiger partial charge in [0.1, 0.15) is 0 Å². The molecule has 9 heteroatoms. The molecule has 2 aromatic carbocycles. The fourth-order valence-electron chi connectivity index (χ4n) is 3.27. The minimum absolute atomic E-state index is 0.0145. The Hall–Kier alpha value is -2.64. The van der Waals surface area contributed by atoms with Gasteiger partial charge in [-0.15, -0.1) is 0 Å². The monoisotopic (exact) mass is 463 g/mol. The summed E-state index contributed by atoms with van der Waals surface area (Å²) in [5, 5.41) is 9.29. The number of piperazine rings is 1. The molecule has 4 amide bonds. The Balaban J connectivity index is 1.47. The van der Waals surface area contributed by atoms with Crippen LogP contribution in [0.3, 0.4) is 0 Å². The van der Waals surface area contributed by atoms with Crippen molar-refractivity contribution in [3.8, 4) is 0 Å². The first-order valence-electron chi connectivity index (χ1n) is 10.4. The Morgan fingerprint density at radius 2 is 1.55 bits per heavy atom. The highest BCUT2D eigenvalue weighted by Crippen LogP contribution is 2.25. The lowest BCUT2D eigenvalue weighted by Gasteiger charge is -2.36. The number of carbonyl (C=O) groups is 2. The second-order valence-corrected chi connectivity index (χ2v) is 8.13. The van der Waals surface area contributed by atoms with Gasteiger partial charge in [-0.25, -0.2) is 9.59 Å². The van der Waals surface area contributed by atoms with E-state index in [1.54, 1.807) is 18.2 Å². The molecule has 3 rings (SSSR count). The first kappa shape index (κ1) is 23.0.